The summed E-state index contributed by atoms with van der Waals surface area (Å²) in [6.07, 6.45) is 3.33. The Balaban J connectivity index is 1.43. The molecule has 1 aromatic carbocycles. The van der Waals surface area contributed by atoms with Crippen LogP contribution >= 0.6 is 0 Å². The van der Waals surface area contributed by atoms with E-state index in [1.54, 1.807) is 30.3 Å². The maximum Gasteiger partial charge on any atom is 0.311 e. The number of carbonyl (C=O) groups excluding carboxylic acids is 4. The molecule has 8 heteroatoms. The summed E-state index contributed by atoms with van der Waals surface area (Å²) in [4.78, 5) is 50.4. The lowest BCUT2D eigenvalue weighted by Crippen LogP contribution is -2.45. The number of nitrogens with one attached hydrogen (secondary N) is 2. The fourth-order valence-corrected chi connectivity index (χ4v) is 4.28. The first-order valence-electron chi connectivity index (χ1n) is 10.5. The van der Waals surface area contributed by atoms with Crippen molar-refractivity contribution in [3.05, 3.63) is 35.9 Å². The van der Waals surface area contributed by atoms with Gasteiger partial charge in [-0.2, -0.15) is 0 Å². The predicted octanol–water partition coefficient (Wildman–Crippen LogP) is 1.66. The number of hydrogen-bond acceptors (Lipinski definition) is 5. The van der Waals surface area contributed by atoms with Crippen molar-refractivity contribution in [2.75, 3.05) is 13.2 Å². The third-order valence-electron chi connectivity index (χ3n) is 6.25. The van der Waals surface area contributed by atoms with E-state index in [-0.39, 0.29) is 18.4 Å². The molecule has 1 heterocycles. The van der Waals surface area contributed by atoms with Gasteiger partial charge in [-0.05, 0) is 30.4 Å². The van der Waals surface area contributed by atoms with E-state index in [9.17, 15) is 19.2 Å². The van der Waals surface area contributed by atoms with Crippen LogP contribution in [0.25, 0.3) is 0 Å². The molecule has 30 heavy (non-hydrogen) atoms. The Hall–Kier alpha value is -2.90. The average molecular weight is 415 g/mol. The molecule has 1 saturated carbocycles. The number of hydrazine groups is 1. The zero-order valence-electron chi connectivity index (χ0n) is 17.4. The van der Waals surface area contributed by atoms with Crippen LogP contribution in [0, 0.1) is 17.8 Å². The van der Waals surface area contributed by atoms with Crippen molar-refractivity contribution in [1.29, 1.82) is 0 Å². The minimum Gasteiger partial charge on any atom is -0.455 e. The smallest absolute Gasteiger partial charge is 0.311 e. The van der Waals surface area contributed by atoms with Crippen LogP contribution in [0.3, 0.4) is 0 Å². The fourth-order valence-electron chi connectivity index (χ4n) is 4.28. The summed E-state index contributed by atoms with van der Waals surface area (Å²) in [7, 11) is 0. The van der Waals surface area contributed by atoms with Gasteiger partial charge in [0.2, 0.25) is 5.91 Å². The molecule has 2 aliphatic rings. The highest BCUT2D eigenvalue weighted by atomic mass is 16.5. The van der Waals surface area contributed by atoms with Crippen molar-refractivity contribution in [2.45, 2.75) is 45.6 Å². The highest BCUT2D eigenvalue weighted by molar-refractivity contribution is 5.95. The lowest BCUT2D eigenvalue weighted by atomic mass is 9.77. The molecule has 0 aromatic heterocycles. The molecule has 0 spiro atoms. The van der Waals surface area contributed by atoms with Crippen LogP contribution in [-0.2, 0) is 19.1 Å². The number of rotatable bonds is 5. The lowest BCUT2D eigenvalue weighted by molar-refractivity contribution is -0.152. The Morgan fingerprint density at radius 3 is 2.57 bits per heavy atom. The van der Waals surface area contributed by atoms with E-state index in [0.29, 0.717) is 23.9 Å². The Morgan fingerprint density at radius 1 is 1.10 bits per heavy atom. The van der Waals surface area contributed by atoms with Crippen LogP contribution in [0.1, 0.15) is 49.9 Å². The first-order valence-corrected chi connectivity index (χ1v) is 10.5. The lowest BCUT2D eigenvalue weighted by Gasteiger charge is -2.39. The number of likely N-dealkylation sites (tertiary alicyclic amines) is 1. The van der Waals surface area contributed by atoms with E-state index in [1.807, 2.05) is 4.90 Å². The molecule has 3 rings (SSSR count). The third-order valence-corrected chi connectivity index (χ3v) is 6.25. The summed E-state index contributed by atoms with van der Waals surface area (Å²) in [6, 6.07) is 8.57. The Kier molecular flexibility index (Phi) is 7.07. The molecule has 2 N–H and O–H groups in total. The first-order chi connectivity index (χ1) is 14.4. The summed E-state index contributed by atoms with van der Waals surface area (Å²) >= 11 is 0. The average Bonchev–Trinajstić information content (AvgIpc) is 3.14. The third kappa shape index (κ3) is 5.17. The molecule has 0 radical (unpaired) electrons. The van der Waals surface area contributed by atoms with E-state index in [1.165, 1.54) is 6.42 Å². The number of benzene rings is 1. The second-order valence-corrected chi connectivity index (χ2v) is 8.26. The molecule has 1 aromatic rings. The number of ether oxygens (including phenoxy) is 1. The standard InChI is InChI=1S/C22H29N3O5/c1-14-7-6-10-18(15(14)2)25-12-17(11-20(25)27)22(29)30-13-19(26)23-24-21(28)16-8-4-3-5-9-16/h3-5,8-9,14-15,17-18H,6-7,10-13H2,1-2H3,(H,23,26)(H,24,28)/t14-,15-,17-,18+/m1/s1. The monoisotopic (exact) mass is 415 g/mol. The van der Waals surface area contributed by atoms with Crippen LogP contribution in [0.4, 0.5) is 0 Å². The predicted molar refractivity (Wildman–Crippen MR) is 109 cm³/mol. The first kappa shape index (κ1) is 21.8. The van der Waals surface area contributed by atoms with Gasteiger partial charge in [0.15, 0.2) is 6.61 Å². The van der Waals surface area contributed by atoms with Crippen molar-refractivity contribution in [1.82, 2.24) is 15.8 Å². The van der Waals surface area contributed by atoms with Gasteiger partial charge < -0.3 is 9.64 Å². The summed E-state index contributed by atoms with van der Waals surface area (Å²) in [5.74, 6) is -1.32. The van der Waals surface area contributed by atoms with Crippen molar-refractivity contribution >= 4 is 23.7 Å². The van der Waals surface area contributed by atoms with E-state index in [0.717, 1.165) is 12.8 Å². The van der Waals surface area contributed by atoms with Gasteiger partial charge in [-0.3, -0.25) is 30.0 Å². The Bertz CT molecular complexity index is 797. The van der Waals surface area contributed by atoms with E-state index in [4.69, 9.17) is 4.74 Å². The van der Waals surface area contributed by atoms with Gasteiger partial charge in [0.25, 0.3) is 11.8 Å². The summed E-state index contributed by atoms with van der Waals surface area (Å²) in [5, 5.41) is 0. The van der Waals surface area contributed by atoms with Gasteiger partial charge >= 0.3 is 5.97 Å². The topological polar surface area (TPSA) is 105 Å². The molecule has 2 fully saturated rings. The summed E-state index contributed by atoms with van der Waals surface area (Å²) < 4.78 is 5.08. The van der Waals surface area contributed by atoms with Crippen LogP contribution in [0.15, 0.2) is 30.3 Å². The van der Waals surface area contributed by atoms with Gasteiger partial charge in [-0.15, -0.1) is 0 Å². The number of hydrogen-bond donors (Lipinski definition) is 2. The minimum atomic E-state index is -0.650. The van der Waals surface area contributed by atoms with Gasteiger partial charge in [0, 0.05) is 24.6 Å². The SMILES string of the molecule is C[C@@H]1[C@H](C)CCC[C@@H]1N1C[C@H](C(=O)OCC(=O)NNC(=O)c2ccccc2)CC1=O. The van der Waals surface area contributed by atoms with Crippen LogP contribution in [0.2, 0.25) is 0 Å². The molecule has 1 aliphatic heterocycles. The molecule has 1 saturated heterocycles. The fraction of sp³-hybridized carbons (Fsp3) is 0.545. The number of nitrogens with zero attached hydrogens (tertiary/aromatic N) is 1. The van der Waals surface area contributed by atoms with Crippen LogP contribution in [0.5, 0.6) is 0 Å². The largest absolute Gasteiger partial charge is 0.455 e. The van der Waals surface area contributed by atoms with Gasteiger partial charge in [-0.1, -0.05) is 44.9 Å². The molecule has 162 valence electrons. The van der Waals surface area contributed by atoms with Gasteiger partial charge in [-0.25, -0.2) is 0 Å². The van der Waals surface area contributed by atoms with Crippen molar-refractivity contribution in [3.8, 4) is 0 Å². The number of amides is 3. The summed E-state index contributed by atoms with van der Waals surface area (Å²) in [5.41, 5.74) is 4.87. The van der Waals surface area contributed by atoms with Crippen molar-refractivity contribution < 1.29 is 23.9 Å². The van der Waals surface area contributed by atoms with E-state index < -0.39 is 30.3 Å². The van der Waals surface area contributed by atoms with Crippen LogP contribution < -0.4 is 10.9 Å². The molecule has 8 nitrogen and oxygen atoms in total. The van der Waals surface area contributed by atoms with Crippen molar-refractivity contribution in [3.63, 3.8) is 0 Å². The van der Waals surface area contributed by atoms with Crippen LogP contribution in [-0.4, -0.2) is 47.8 Å². The Labute approximate surface area is 176 Å². The van der Waals surface area contributed by atoms with Crippen molar-refractivity contribution in [2.24, 2.45) is 17.8 Å². The molecule has 3 amide bonds. The number of esters is 1. The molecule has 0 bridgehead atoms. The molecule has 1 aliphatic carbocycles. The highest BCUT2D eigenvalue weighted by Gasteiger charge is 2.42. The molecular formula is C22H29N3O5. The second-order valence-electron chi connectivity index (χ2n) is 8.26. The summed E-state index contributed by atoms with van der Waals surface area (Å²) in [6.45, 7) is 4.20. The zero-order valence-corrected chi connectivity index (χ0v) is 17.4. The Morgan fingerprint density at radius 2 is 1.83 bits per heavy atom. The molecule has 0 unspecified atom stereocenters. The van der Waals surface area contributed by atoms with E-state index >= 15 is 0 Å². The quantitative estimate of drug-likeness (QED) is 0.562. The highest BCUT2D eigenvalue weighted by Crippen LogP contribution is 2.35. The van der Waals surface area contributed by atoms with E-state index in [2.05, 4.69) is 24.7 Å². The van der Waals surface area contributed by atoms with Gasteiger partial charge in [0.1, 0.15) is 0 Å². The maximum absolute atomic E-state index is 12.5. The number of carbonyl (C=O) groups is 4. The normalized spacial score (nSPS) is 26.2. The maximum atomic E-state index is 12.5. The second kappa shape index (κ2) is 9.73. The minimum absolute atomic E-state index is 0.0255. The zero-order chi connectivity index (χ0) is 21.7. The van der Waals surface area contributed by atoms with Gasteiger partial charge in [0.05, 0.1) is 5.92 Å². The molecular weight excluding hydrogens is 386 g/mol. The molecule has 4 atom stereocenters.